The van der Waals surface area contributed by atoms with Gasteiger partial charge in [-0.15, -0.1) is 0 Å². The monoisotopic (exact) mass is 352 g/mol. The smallest absolute Gasteiger partial charge is 0.255 e. The normalized spacial score (nSPS) is 10.2. The van der Waals surface area contributed by atoms with E-state index < -0.39 is 0 Å². The average Bonchev–Trinajstić information content (AvgIpc) is 2.44. The van der Waals surface area contributed by atoms with E-state index in [1.807, 2.05) is 19.1 Å². The molecule has 0 aliphatic rings. The molecule has 1 amide bonds. The molecule has 5 heteroatoms. The Bertz CT molecular complexity index is 614. The lowest BCUT2D eigenvalue weighted by atomic mass is 10.2. The SMILES string of the molecule is CCNc1ccc(C(=O)Nc2cc(Cl)ccc2Br)cc1. The van der Waals surface area contributed by atoms with Crippen molar-refractivity contribution >= 4 is 44.8 Å². The molecule has 0 aromatic heterocycles. The minimum atomic E-state index is -0.170. The molecule has 0 spiro atoms. The number of amides is 1. The highest BCUT2D eigenvalue weighted by Crippen LogP contribution is 2.26. The zero-order valence-electron chi connectivity index (χ0n) is 10.9. The number of halogens is 2. The fraction of sp³-hybridized carbons (Fsp3) is 0.133. The highest BCUT2D eigenvalue weighted by Gasteiger charge is 2.08. The first-order valence-electron chi connectivity index (χ1n) is 6.20. The standard InChI is InChI=1S/C15H14BrClN2O/c1-2-18-12-6-3-10(4-7-12)15(20)19-14-9-11(17)5-8-13(14)16/h3-9,18H,2H2,1H3,(H,19,20). The number of hydrogen-bond donors (Lipinski definition) is 2. The lowest BCUT2D eigenvalue weighted by Gasteiger charge is -2.09. The number of nitrogens with one attached hydrogen (secondary N) is 2. The predicted octanol–water partition coefficient (Wildman–Crippen LogP) is 4.79. The van der Waals surface area contributed by atoms with Crippen LogP contribution >= 0.6 is 27.5 Å². The van der Waals surface area contributed by atoms with E-state index in [9.17, 15) is 4.79 Å². The van der Waals surface area contributed by atoms with Crippen molar-refractivity contribution in [1.82, 2.24) is 0 Å². The van der Waals surface area contributed by atoms with Gasteiger partial charge in [-0.3, -0.25) is 4.79 Å². The van der Waals surface area contributed by atoms with Gasteiger partial charge in [0.25, 0.3) is 5.91 Å². The summed E-state index contributed by atoms with van der Waals surface area (Å²) in [5, 5.41) is 6.59. The van der Waals surface area contributed by atoms with Gasteiger partial charge in [0.15, 0.2) is 0 Å². The fourth-order valence-electron chi connectivity index (χ4n) is 1.73. The van der Waals surface area contributed by atoms with E-state index in [1.165, 1.54) is 0 Å². The molecule has 0 saturated carbocycles. The first-order valence-corrected chi connectivity index (χ1v) is 7.37. The molecule has 0 fully saturated rings. The number of hydrogen-bond acceptors (Lipinski definition) is 2. The topological polar surface area (TPSA) is 41.1 Å². The molecule has 2 N–H and O–H groups in total. The Hall–Kier alpha value is -1.52. The Morgan fingerprint density at radius 1 is 1.20 bits per heavy atom. The number of anilines is 2. The Labute approximate surface area is 131 Å². The molecule has 0 aliphatic carbocycles. The van der Waals surface area contributed by atoms with Gasteiger partial charge < -0.3 is 10.6 Å². The van der Waals surface area contributed by atoms with Gasteiger partial charge in [0.05, 0.1) is 5.69 Å². The Balaban J connectivity index is 2.13. The van der Waals surface area contributed by atoms with Crippen molar-refractivity contribution in [2.75, 3.05) is 17.2 Å². The second kappa shape index (κ2) is 6.77. The van der Waals surface area contributed by atoms with Crippen LogP contribution in [0.5, 0.6) is 0 Å². The molecule has 3 nitrogen and oxygen atoms in total. The third-order valence-corrected chi connectivity index (χ3v) is 3.63. The third-order valence-electron chi connectivity index (χ3n) is 2.70. The van der Waals surface area contributed by atoms with Gasteiger partial charge in [0, 0.05) is 27.3 Å². The Morgan fingerprint density at radius 3 is 2.55 bits per heavy atom. The minimum absolute atomic E-state index is 0.170. The van der Waals surface area contributed by atoms with Crippen LogP contribution in [0.2, 0.25) is 5.02 Å². The highest BCUT2D eigenvalue weighted by atomic mass is 79.9. The van der Waals surface area contributed by atoms with Gasteiger partial charge in [-0.05, 0) is 65.3 Å². The second-order valence-electron chi connectivity index (χ2n) is 4.19. The van der Waals surface area contributed by atoms with Crippen molar-refractivity contribution in [3.63, 3.8) is 0 Å². The number of carbonyl (C=O) groups excluding carboxylic acids is 1. The predicted molar refractivity (Wildman–Crippen MR) is 87.7 cm³/mol. The molecule has 0 saturated heterocycles. The Morgan fingerprint density at radius 2 is 1.90 bits per heavy atom. The van der Waals surface area contributed by atoms with Gasteiger partial charge in [-0.1, -0.05) is 11.6 Å². The molecule has 0 aliphatic heterocycles. The van der Waals surface area contributed by atoms with Gasteiger partial charge in [-0.2, -0.15) is 0 Å². The van der Waals surface area contributed by atoms with Crippen molar-refractivity contribution in [1.29, 1.82) is 0 Å². The maximum atomic E-state index is 12.2. The molecule has 20 heavy (non-hydrogen) atoms. The summed E-state index contributed by atoms with van der Waals surface area (Å²) in [5.41, 5.74) is 2.24. The van der Waals surface area contributed by atoms with Gasteiger partial charge in [0.1, 0.15) is 0 Å². The average molecular weight is 354 g/mol. The van der Waals surface area contributed by atoms with Crippen LogP contribution in [0.3, 0.4) is 0 Å². The summed E-state index contributed by atoms with van der Waals surface area (Å²) in [6.07, 6.45) is 0. The van der Waals surface area contributed by atoms with Crippen molar-refractivity contribution in [3.8, 4) is 0 Å². The summed E-state index contributed by atoms with van der Waals surface area (Å²) in [6.45, 7) is 2.87. The van der Waals surface area contributed by atoms with Crippen LogP contribution < -0.4 is 10.6 Å². The van der Waals surface area contributed by atoms with E-state index in [0.717, 1.165) is 16.7 Å². The van der Waals surface area contributed by atoms with Crippen LogP contribution in [0.15, 0.2) is 46.9 Å². The summed E-state index contributed by atoms with van der Waals surface area (Å²) in [4.78, 5) is 12.2. The molecule has 0 bridgehead atoms. The van der Waals surface area contributed by atoms with Crippen LogP contribution in [0.1, 0.15) is 17.3 Å². The zero-order chi connectivity index (χ0) is 14.5. The molecule has 0 radical (unpaired) electrons. The molecule has 0 atom stereocenters. The minimum Gasteiger partial charge on any atom is -0.385 e. The molecular formula is C15H14BrClN2O. The quantitative estimate of drug-likeness (QED) is 0.830. The maximum Gasteiger partial charge on any atom is 0.255 e. The molecule has 0 unspecified atom stereocenters. The van der Waals surface area contributed by atoms with Crippen LogP contribution in [0.4, 0.5) is 11.4 Å². The fourth-order valence-corrected chi connectivity index (χ4v) is 2.25. The lowest BCUT2D eigenvalue weighted by Crippen LogP contribution is -2.12. The number of carbonyl (C=O) groups is 1. The Kier molecular flexibility index (Phi) is 5.04. The molecule has 2 aromatic carbocycles. The van der Waals surface area contributed by atoms with Crippen LogP contribution in [0.25, 0.3) is 0 Å². The summed E-state index contributed by atoms with van der Waals surface area (Å²) >= 11 is 9.30. The molecular weight excluding hydrogens is 340 g/mol. The lowest BCUT2D eigenvalue weighted by molar-refractivity contribution is 0.102. The van der Waals surface area contributed by atoms with Crippen molar-refractivity contribution in [2.45, 2.75) is 6.92 Å². The molecule has 2 rings (SSSR count). The first kappa shape index (κ1) is 14.9. The summed E-state index contributed by atoms with van der Waals surface area (Å²) < 4.78 is 0.791. The number of rotatable bonds is 4. The van der Waals surface area contributed by atoms with E-state index in [1.54, 1.807) is 30.3 Å². The van der Waals surface area contributed by atoms with Crippen molar-refractivity contribution in [2.24, 2.45) is 0 Å². The summed E-state index contributed by atoms with van der Waals surface area (Å²) in [6, 6.07) is 12.6. The second-order valence-corrected chi connectivity index (χ2v) is 5.48. The molecule has 2 aromatic rings. The van der Waals surface area contributed by atoms with Crippen molar-refractivity contribution in [3.05, 3.63) is 57.5 Å². The summed E-state index contributed by atoms with van der Waals surface area (Å²) in [5.74, 6) is -0.170. The van der Waals surface area contributed by atoms with E-state index in [-0.39, 0.29) is 5.91 Å². The third kappa shape index (κ3) is 3.74. The zero-order valence-corrected chi connectivity index (χ0v) is 13.3. The maximum absolute atomic E-state index is 12.2. The first-order chi connectivity index (χ1) is 9.60. The summed E-state index contributed by atoms with van der Waals surface area (Å²) in [7, 11) is 0. The molecule has 104 valence electrons. The van der Waals surface area contributed by atoms with Gasteiger partial charge >= 0.3 is 0 Å². The molecule has 0 heterocycles. The number of benzene rings is 2. The van der Waals surface area contributed by atoms with Crippen LogP contribution in [-0.2, 0) is 0 Å². The van der Waals surface area contributed by atoms with Crippen molar-refractivity contribution < 1.29 is 4.79 Å². The van der Waals surface area contributed by atoms with Gasteiger partial charge in [-0.25, -0.2) is 0 Å². The highest BCUT2D eigenvalue weighted by molar-refractivity contribution is 9.10. The van der Waals surface area contributed by atoms with Crippen LogP contribution in [-0.4, -0.2) is 12.5 Å². The van der Waals surface area contributed by atoms with E-state index >= 15 is 0 Å². The van der Waals surface area contributed by atoms with E-state index in [2.05, 4.69) is 26.6 Å². The largest absolute Gasteiger partial charge is 0.385 e. The van der Waals surface area contributed by atoms with Gasteiger partial charge in [0.2, 0.25) is 0 Å². The van der Waals surface area contributed by atoms with Crippen LogP contribution in [0, 0.1) is 0 Å². The van der Waals surface area contributed by atoms with E-state index in [0.29, 0.717) is 16.3 Å². The van der Waals surface area contributed by atoms with E-state index in [4.69, 9.17) is 11.6 Å².